The summed E-state index contributed by atoms with van der Waals surface area (Å²) in [7, 11) is -3.77. The predicted molar refractivity (Wildman–Crippen MR) is 103 cm³/mol. The first-order valence-electron chi connectivity index (χ1n) is 8.86. The number of aryl methyl sites for hydroxylation is 2. The van der Waals surface area contributed by atoms with E-state index in [9.17, 15) is 13.2 Å². The van der Waals surface area contributed by atoms with Gasteiger partial charge in [0.05, 0.1) is 10.6 Å². The number of amides is 1. The lowest BCUT2D eigenvalue weighted by molar-refractivity contribution is 0.0937. The molecule has 1 saturated carbocycles. The Kier molecular flexibility index (Phi) is 5.32. The molecular weight excluding hydrogens is 348 g/mol. The molecule has 0 heterocycles. The summed E-state index contributed by atoms with van der Waals surface area (Å²) in [5.41, 5.74) is 2.72. The molecule has 1 aliphatic rings. The zero-order valence-electron chi connectivity index (χ0n) is 15.1. The lowest BCUT2D eigenvalue weighted by Gasteiger charge is -2.14. The van der Waals surface area contributed by atoms with Crippen molar-refractivity contribution in [2.24, 2.45) is 0 Å². The number of benzene rings is 2. The van der Waals surface area contributed by atoms with Gasteiger partial charge in [-0.3, -0.25) is 9.52 Å². The van der Waals surface area contributed by atoms with E-state index >= 15 is 0 Å². The summed E-state index contributed by atoms with van der Waals surface area (Å²) in [6.07, 6.45) is 4.22. The molecule has 0 atom stereocenters. The van der Waals surface area contributed by atoms with Crippen LogP contribution in [-0.2, 0) is 10.0 Å². The van der Waals surface area contributed by atoms with Gasteiger partial charge in [-0.1, -0.05) is 31.0 Å². The van der Waals surface area contributed by atoms with Crippen LogP contribution < -0.4 is 10.0 Å². The second kappa shape index (κ2) is 7.50. The third kappa shape index (κ3) is 4.25. The third-order valence-corrected chi connectivity index (χ3v) is 6.10. The number of anilines is 1. The summed E-state index contributed by atoms with van der Waals surface area (Å²) in [5.74, 6) is -0.222. The lowest BCUT2D eigenvalue weighted by atomic mass is 10.1. The van der Waals surface area contributed by atoms with Gasteiger partial charge in [-0.15, -0.1) is 0 Å². The quantitative estimate of drug-likeness (QED) is 0.839. The fourth-order valence-corrected chi connectivity index (χ4v) is 4.36. The lowest BCUT2D eigenvalue weighted by Crippen LogP contribution is -2.32. The fourth-order valence-electron chi connectivity index (χ4n) is 3.19. The van der Waals surface area contributed by atoms with E-state index in [2.05, 4.69) is 10.0 Å². The average molecular weight is 372 g/mol. The van der Waals surface area contributed by atoms with Crippen molar-refractivity contribution in [1.82, 2.24) is 5.32 Å². The Labute approximate surface area is 154 Å². The molecule has 0 saturated heterocycles. The molecule has 5 nitrogen and oxygen atoms in total. The van der Waals surface area contributed by atoms with Crippen molar-refractivity contribution in [1.29, 1.82) is 0 Å². The van der Waals surface area contributed by atoms with Crippen LogP contribution in [0.15, 0.2) is 47.4 Å². The van der Waals surface area contributed by atoms with Crippen molar-refractivity contribution in [3.05, 3.63) is 59.2 Å². The molecule has 0 spiro atoms. The van der Waals surface area contributed by atoms with Gasteiger partial charge in [0.1, 0.15) is 0 Å². The second-order valence-corrected chi connectivity index (χ2v) is 8.59. The number of carbonyl (C=O) groups is 1. The van der Waals surface area contributed by atoms with Gasteiger partial charge in [0, 0.05) is 11.6 Å². The van der Waals surface area contributed by atoms with Crippen molar-refractivity contribution in [3.63, 3.8) is 0 Å². The molecule has 1 fully saturated rings. The van der Waals surface area contributed by atoms with Gasteiger partial charge in [0.25, 0.3) is 15.9 Å². The van der Waals surface area contributed by atoms with Gasteiger partial charge >= 0.3 is 0 Å². The molecular formula is C20H24N2O3S. The summed E-state index contributed by atoms with van der Waals surface area (Å²) < 4.78 is 28.1. The number of rotatable bonds is 5. The number of nitrogens with one attached hydrogen (secondary N) is 2. The predicted octanol–water partition coefficient (Wildman–Crippen LogP) is 3.78. The van der Waals surface area contributed by atoms with E-state index in [4.69, 9.17) is 0 Å². The van der Waals surface area contributed by atoms with Gasteiger partial charge in [-0.2, -0.15) is 0 Å². The van der Waals surface area contributed by atoms with Crippen LogP contribution in [0.25, 0.3) is 0 Å². The zero-order valence-corrected chi connectivity index (χ0v) is 15.9. The molecule has 2 aromatic carbocycles. The van der Waals surface area contributed by atoms with Gasteiger partial charge in [-0.25, -0.2) is 8.42 Å². The van der Waals surface area contributed by atoms with E-state index in [1.54, 1.807) is 18.2 Å². The first kappa shape index (κ1) is 18.5. The minimum atomic E-state index is -3.77. The van der Waals surface area contributed by atoms with E-state index in [1.807, 2.05) is 26.0 Å². The molecule has 0 aliphatic heterocycles. The summed E-state index contributed by atoms with van der Waals surface area (Å²) in [4.78, 5) is 12.5. The van der Waals surface area contributed by atoms with E-state index < -0.39 is 10.0 Å². The monoisotopic (exact) mass is 372 g/mol. The molecule has 0 unspecified atom stereocenters. The van der Waals surface area contributed by atoms with Crippen LogP contribution in [0.2, 0.25) is 0 Å². The summed E-state index contributed by atoms with van der Waals surface area (Å²) in [6, 6.07) is 12.0. The standard InChI is InChI=1S/C20H24N2O3S/c1-14-10-11-15(2)19(12-14)22-26(24,25)18-9-5-6-16(13-18)20(23)21-17-7-3-4-8-17/h5-6,9-13,17,22H,3-4,7-8H2,1-2H3,(H,21,23). The summed E-state index contributed by atoms with van der Waals surface area (Å²) in [6.45, 7) is 3.76. The smallest absolute Gasteiger partial charge is 0.261 e. The van der Waals surface area contributed by atoms with Gasteiger partial charge in [0.2, 0.25) is 0 Å². The van der Waals surface area contributed by atoms with E-state index in [0.29, 0.717) is 11.3 Å². The summed E-state index contributed by atoms with van der Waals surface area (Å²) in [5, 5.41) is 2.99. The van der Waals surface area contributed by atoms with Crippen molar-refractivity contribution < 1.29 is 13.2 Å². The minimum Gasteiger partial charge on any atom is -0.349 e. The van der Waals surface area contributed by atoms with E-state index in [0.717, 1.165) is 36.8 Å². The van der Waals surface area contributed by atoms with Gasteiger partial charge < -0.3 is 5.32 Å². The highest BCUT2D eigenvalue weighted by Crippen LogP contribution is 2.22. The van der Waals surface area contributed by atoms with Crippen LogP contribution >= 0.6 is 0 Å². The molecule has 2 N–H and O–H groups in total. The van der Waals surface area contributed by atoms with Crippen LogP contribution in [0.3, 0.4) is 0 Å². The number of carbonyl (C=O) groups excluding carboxylic acids is 1. The molecule has 0 bridgehead atoms. The topological polar surface area (TPSA) is 75.3 Å². The maximum Gasteiger partial charge on any atom is 0.261 e. The Morgan fingerprint density at radius 1 is 1.04 bits per heavy atom. The molecule has 3 rings (SSSR count). The van der Waals surface area contributed by atoms with Crippen LogP contribution in [0.4, 0.5) is 5.69 Å². The Morgan fingerprint density at radius 2 is 1.77 bits per heavy atom. The Hall–Kier alpha value is -2.34. The highest BCUT2D eigenvalue weighted by Gasteiger charge is 2.20. The fraction of sp³-hybridized carbons (Fsp3) is 0.350. The number of sulfonamides is 1. The normalized spacial score (nSPS) is 15.0. The first-order valence-corrected chi connectivity index (χ1v) is 10.3. The van der Waals surface area contributed by atoms with Gasteiger partial charge in [-0.05, 0) is 62.1 Å². The Balaban J connectivity index is 1.81. The Morgan fingerprint density at radius 3 is 2.50 bits per heavy atom. The van der Waals surface area contributed by atoms with Crippen LogP contribution in [-0.4, -0.2) is 20.4 Å². The molecule has 1 amide bonds. The first-order chi connectivity index (χ1) is 12.3. The van der Waals surface area contributed by atoms with Crippen molar-refractivity contribution in [2.45, 2.75) is 50.5 Å². The van der Waals surface area contributed by atoms with E-state index in [1.165, 1.54) is 12.1 Å². The van der Waals surface area contributed by atoms with Crippen LogP contribution in [0.1, 0.15) is 47.2 Å². The molecule has 0 aromatic heterocycles. The molecule has 1 aliphatic carbocycles. The second-order valence-electron chi connectivity index (χ2n) is 6.91. The zero-order chi connectivity index (χ0) is 18.7. The van der Waals surface area contributed by atoms with Crippen molar-refractivity contribution >= 4 is 21.6 Å². The maximum absolute atomic E-state index is 12.7. The SMILES string of the molecule is Cc1ccc(C)c(NS(=O)(=O)c2cccc(C(=O)NC3CCCC3)c2)c1. The van der Waals surface area contributed by atoms with Crippen LogP contribution in [0.5, 0.6) is 0 Å². The van der Waals surface area contributed by atoms with Crippen molar-refractivity contribution in [2.75, 3.05) is 4.72 Å². The molecule has 0 radical (unpaired) electrons. The highest BCUT2D eigenvalue weighted by molar-refractivity contribution is 7.92. The molecule has 6 heteroatoms. The Bertz CT molecular complexity index is 916. The number of hydrogen-bond donors (Lipinski definition) is 2. The largest absolute Gasteiger partial charge is 0.349 e. The third-order valence-electron chi connectivity index (χ3n) is 4.73. The van der Waals surface area contributed by atoms with E-state index in [-0.39, 0.29) is 16.8 Å². The molecule has 2 aromatic rings. The average Bonchev–Trinajstić information content (AvgIpc) is 3.11. The van der Waals surface area contributed by atoms with Gasteiger partial charge in [0.15, 0.2) is 0 Å². The molecule has 26 heavy (non-hydrogen) atoms. The highest BCUT2D eigenvalue weighted by atomic mass is 32.2. The van der Waals surface area contributed by atoms with Crippen molar-refractivity contribution in [3.8, 4) is 0 Å². The minimum absolute atomic E-state index is 0.0810. The summed E-state index contributed by atoms with van der Waals surface area (Å²) >= 11 is 0. The molecule has 138 valence electrons. The maximum atomic E-state index is 12.7. The number of hydrogen-bond acceptors (Lipinski definition) is 3. The van der Waals surface area contributed by atoms with Crippen LogP contribution in [0, 0.1) is 13.8 Å².